The summed E-state index contributed by atoms with van der Waals surface area (Å²) < 4.78 is 5.77. The topological polar surface area (TPSA) is 49.8 Å². The number of rotatable bonds is 4. The largest absolute Gasteiger partial charge is 0.481 e. The van der Waals surface area contributed by atoms with Crippen molar-refractivity contribution in [2.45, 2.75) is 69.9 Å². The van der Waals surface area contributed by atoms with Gasteiger partial charge in [-0.3, -0.25) is 9.69 Å². The van der Waals surface area contributed by atoms with Gasteiger partial charge in [0.1, 0.15) is 0 Å². The van der Waals surface area contributed by atoms with Crippen molar-refractivity contribution in [2.75, 3.05) is 19.7 Å². The molecule has 4 nitrogen and oxygen atoms in total. The minimum Gasteiger partial charge on any atom is -0.481 e. The van der Waals surface area contributed by atoms with Gasteiger partial charge >= 0.3 is 5.97 Å². The van der Waals surface area contributed by atoms with Crippen LogP contribution in [0, 0.1) is 0 Å². The molecule has 1 N–H and O–H groups in total. The third kappa shape index (κ3) is 3.69. The fraction of sp³-hybridized carbons (Fsp3) is 0.933. The zero-order chi connectivity index (χ0) is 13.7. The van der Waals surface area contributed by atoms with Crippen LogP contribution in [-0.4, -0.2) is 47.3 Å². The zero-order valence-corrected chi connectivity index (χ0v) is 12.1. The van der Waals surface area contributed by atoms with Crippen LogP contribution >= 0.6 is 0 Å². The highest BCUT2D eigenvalue weighted by Crippen LogP contribution is 2.36. The van der Waals surface area contributed by atoms with Gasteiger partial charge in [-0.1, -0.05) is 19.8 Å². The van der Waals surface area contributed by atoms with Crippen LogP contribution in [0.25, 0.3) is 0 Å². The Kier molecular flexibility index (Phi) is 5.22. The molecule has 0 aromatic heterocycles. The molecule has 4 heteroatoms. The summed E-state index contributed by atoms with van der Waals surface area (Å²) in [5.74, 6) is -0.666. The Balaban J connectivity index is 2.14. The summed E-state index contributed by atoms with van der Waals surface area (Å²) in [5.41, 5.74) is -0.158. The highest BCUT2D eigenvalue weighted by molar-refractivity contribution is 5.68. The molecule has 2 unspecified atom stereocenters. The Morgan fingerprint density at radius 2 is 2.00 bits per heavy atom. The molecule has 2 heterocycles. The smallest absolute Gasteiger partial charge is 0.305 e. The van der Waals surface area contributed by atoms with Crippen molar-refractivity contribution in [1.29, 1.82) is 0 Å². The van der Waals surface area contributed by atoms with Crippen molar-refractivity contribution >= 4 is 5.97 Å². The van der Waals surface area contributed by atoms with Crippen molar-refractivity contribution in [2.24, 2.45) is 0 Å². The van der Waals surface area contributed by atoms with Gasteiger partial charge in [0, 0.05) is 12.1 Å². The number of hydrogen-bond acceptors (Lipinski definition) is 3. The maximum absolute atomic E-state index is 11.3. The molecule has 0 spiro atoms. The lowest BCUT2D eigenvalue weighted by Gasteiger charge is -2.47. The van der Waals surface area contributed by atoms with Crippen molar-refractivity contribution in [3.63, 3.8) is 0 Å². The SMILES string of the molecule is CCC1CC(CC(=O)O)(N2CCCCCC2)CCO1. The van der Waals surface area contributed by atoms with Gasteiger partial charge in [0.2, 0.25) is 0 Å². The molecule has 19 heavy (non-hydrogen) atoms. The van der Waals surface area contributed by atoms with E-state index in [0.29, 0.717) is 6.61 Å². The van der Waals surface area contributed by atoms with E-state index in [1.807, 2.05) is 0 Å². The molecular weight excluding hydrogens is 242 g/mol. The first kappa shape index (κ1) is 14.8. The van der Waals surface area contributed by atoms with E-state index in [-0.39, 0.29) is 18.1 Å². The van der Waals surface area contributed by atoms with Gasteiger partial charge < -0.3 is 9.84 Å². The Bertz CT molecular complexity index is 300. The molecule has 0 aliphatic carbocycles. The monoisotopic (exact) mass is 269 g/mol. The van der Waals surface area contributed by atoms with Crippen LogP contribution in [0.1, 0.15) is 58.3 Å². The third-order valence-electron chi connectivity index (χ3n) is 4.74. The predicted octanol–water partition coefficient (Wildman–Crippen LogP) is 2.66. The second kappa shape index (κ2) is 6.71. The summed E-state index contributed by atoms with van der Waals surface area (Å²) in [4.78, 5) is 13.8. The molecule has 0 saturated carbocycles. The fourth-order valence-electron chi connectivity index (χ4n) is 3.65. The Morgan fingerprint density at radius 3 is 2.58 bits per heavy atom. The van der Waals surface area contributed by atoms with Gasteiger partial charge in [-0.2, -0.15) is 0 Å². The highest BCUT2D eigenvalue weighted by Gasteiger charge is 2.42. The molecule has 0 aromatic carbocycles. The van der Waals surface area contributed by atoms with Crippen molar-refractivity contribution in [3.8, 4) is 0 Å². The zero-order valence-electron chi connectivity index (χ0n) is 12.1. The molecule has 2 aliphatic rings. The van der Waals surface area contributed by atoms with Crippen LogP contribution in [-0.2, 0) is 9.53 Å². The van der Waals surface area contributed by atoms with E-state index in [2.05, 4.69) is 11.8 Å². The number of carboxylic acids is 1. The molecule has 2 aliphatic heterocycles. The van der Waals surface area contributed by atoms with Crippen LogP contribution in [0.4, 0.5) is 0 Å². The van der Waals surface area contributed by atoms with Crippen LogP contribution in [0.5, 0.6) is 0 Å². The van der Waals surface area contributed by atoms with Gasteiger partial charge in [-0.05, 0) is 45.2 Å². The summed E-state index contributed by atoms with van der Waals surface area (Å²) in [6.45, 7) is 4.96. The van der Waals surface area contributed by atoms with Crippen LogP contribution < -0.4 is 0 Å². The minimum absolute atomic E-state index is 0.158. The van der Waals surface area contributed by atoms with E-state index in [0.717, 1.165) is 32.4 Å². The van der Waals surface area contributed by atoms with Crippen molar-refractivity contribution in [1.82, 2.24) is 4.90 Å². The number of carbonyl (C=O) groups is 1. The molecule has 2 saturated heterocycles. The highest BCUT2D eigenvalue weighted by atomic mass is 16.5. The van der Waals surface area contributed by atoms with E-state index in [9.17, 15) is 9.90 Å². The van der Waals surface area contributed by atoms with E-state index < -0.39 is 5.97 Å². The number of carboxylic acid groups (broad SMARTS) is 1. The second-order valence-electron chi connectivity index (χ2n) is 6.05. The molecule has 2 rings (SSSR count). The van der Waals surface area contributed by atoms with Gasteiger partial charge in [0.25, 0.3) is 0 Å². The lowest BCUT2D eigenvalue weighted by atomic mass is 9.81. The summed E-state index contributed by atoms with van der Waals surface area (Å²) in [7, 11) is 0. The maximum Gasteiger partial charge on any atom is 0.305 e. The van der Waals surface area contributed by atoms with E-state index in [1.54, 1.807) is 0 Å². The standard InChI is InChI=1S/C15H27NO3/c1-2-13-11-15(7-10-19-13,12-14(17)18)16-8-5-3-4-6-9-16/h13H,2-12H2,1H3,(H,17,18). The van der Waals surface area contributed by atoms with Crippen LogP contribution in [0.3, 0.4) is 0 Å². The molecule has 110 valence electrons. The first-order valence-corrected chi connectivity index (χ1v) is 7.75. The number of hydrogen-bond donors (Lipinski definition) is 1. The summed E-state index contributed by atoms with van der Waals surface area (Å²) in [6, 6.07) is 0. The first-order valence-electron chi connectivity index (χ1n) is 7.75. The average molecular weight is 269 g/mol. The molecule has 0 bridgehead atoms. The Labute approximate surface area is 116 Å². The molecule has 2 atom stereocenters. The molecular formula is C15H27NO3. The van der Waals surface area contributed by atoms with Crippen molar-refractivity contribution in [3.05, 3.63) is 0 Å². The quantitative estimate of drug-likeness (QED) is 0.852. The Morgan fingerprint density at radius 1 is 1.32 bits per heavy atom. The minimum atomic E-state index is -0.666. The lowest BCUT2D eigenvalue weighted by Crippen LogP contribution is -2.55. The Hall–Kier alpha value is -0.610. The maximum atomic E-state index is 11.3. The van der Waals surface area contributed by atoms with Crippen LogP contribution in [0.2, 0.25) is 0 Å². The van der Waals surface area contributed by atoms with Crippen LogP contribution in [0.15, 0.2) is 0 Å². The first-order chi connectivity index (χ1) is 9.16. The molecule has 0 aromatic rings. The molecule has 2 fully saturated rings. The second-order valence-corrected chi connectivity index (χ2v) is 6.05. The number of nitrogens with zero attached hydrogens (tertiary/aromatic N) is 1. The fourth-order valence-corrected chi connectivity index (χ4v) is 3.65. The van der Waals surface area contributed by atoms with E-state index in [1.165, 1.54) is 25.7 Å². The number of ether oxygens (including phenoxy) is 1. The van der Waals surface area contributed by atoms with Gasteiger partial charge in [0.05, 0.1) is 12.5 Å². The van der Waals surface area contributed by atoms with Gasteiger partial charge in [-0.25, -0.2) is 0 Å². The summed E-state index contributed by atoms with van der Waals surface area (Å²) in [5, 5.41) is 9.32. The van der Waals surface area contributed by atoms with Gasteiger partial charge in [0.15, 0.2) is 0 Å². The van der Waals surface area contributed by atoms with E-state index >= 15 is 0 Å². The molecule has 0 amide bonds. The molecule has 0 radical (unpaired) electrons. The van der Waals surface area contributed by atoms with Gasteiger partial charge in [-0.15, -0.1) is 0 Å². The number of aliphatic carboxylic acids is 1. The van der Waals surface area contributed by atoms with Crippen molar-refractivity contribution < 1.29 is 14.6 Å². The third-order valence-corrected chi connectivity index (χ3v) is 4.74. The average Bonchev–Trinajstić information content (AvgIpc) is 2.67. The summed E-state index contributed by atoms with van der Waals surface area (Å²) >= 11 is 0. The normalized spacial score (nSPS) is 33.8. The summed E-state index contributed by atoms with van der Waals surface area (Å²) in [6.07, 6.45) is 8.23. The number of likely N-dealkylation sites (tertiary alicyclic amines) is 1. The predicted molar refractivity (Wildman–Crippen MR) is 74.3 cm³/mol. The van der Waals surface area contributed by atoms with E-state index in [4.69, 9.17) is 4.74 Å². The lowest BCUT2D eigenvalue weighted by molar-refractivity contribution is -0.145.